The third-order valence-electron chi connectivity index (χ3n) is 17.2. The summed E-state index contributed by atoms with van der Waals surface area (Å²) in [6.07, 6.45) is 103. The Morgan fingerprint density at radius 3 is 0.802 bits per heavy atom. The van der Waals surface area contributed by atoms with Crippen molar-refractivity contribution in [2.24, 2.45) is 0 Å². The molecule has 0 heterocycles. The maximum Gasteiger partial charge on any atom is 0.220 e. The Morgan fingerprint density at radius 2 is 0.519 bits per heavy atom. The van der Waals surface area contributed by atoms with Crippen LogP contribution >= 0.6 is 0 Å². The van der Waals surface area contributed by atoms with Gasteiger partial charge in [-0.25, -0.2) is 0 Å². The zero-order valence-electron chi connectivity index (χ0n) is 55.1. The lowest BCUT2D eigenvalue weighted by molar-refractivity contribution is -0.123. The quantitative estimate of drug-likeness (QED) is 0.0420. The Morgan fingerprint density at radius 1 is 0.296 bits per heavy atom. The second-order valence-corrected chi connectivity index (χ2v) is 25.4. The van der Waals surface area contributed by atoms with Crippen LogP contribution in [0.2, 0.25) is 0 Å². The molecular weight excluding hydrogens is 987 g/mol. The van der Waals surface area contributed by atoms with Crippen LogP contribution in [0, 0.1) is 0 Å². The van der Waals surface area contributed by atoms with Crippen molar-refractivity contribution >= 4 is 5.91 Å². The van der Waals surface area contributed by atoms with E-state index in [1.54, 1.807) is 6.08 Å². The zero-order valence-corrected chi connectivity index (χ0v) is 55.1. The molecule has 2 atom stereocenters. The Kier molecular flexibility index (Phi) is 70.6. The number of unbranched alkanes of at least 4 members (excludes halogenated alkanes) is 54. The summed E-state index contributed by atoms with van der Waals surface area (Å²) < 4.78 is 0. The minimum Gasteiger partial charge on any atom is -0.394 e. The van der Waals surface area contributed by atoms with Crippen molar-refractivity contribution in [2.75, 3.05) is 6.61 Å². The van der Waals surface area contributed by atoms with Crippen molar-refractivity contribution in [3.8, 4) is 0 Å². The molecule has 0 aromatic carbocycles. The van der Waals surface area contributed by atoms with Gasteiger partial charge in [0.05, 0.1) is 18.8 Å². The predicted molar refractivity (Wildman–Crippen MR) is 364 cm³/mol. The lowest BCUT2D eigenvalue weighted by Gasteiger charge is -2.19. The molecule has 0 aliphatic carbocycles. The first-order valence-electron chi connectivity index (χ1n) is 37.0. The van der Waals surface area contributed by atoms with E-state index in [1.165, 1.54) is 340 Å². The second kappa shape index (κ2) is 72.3. The van der Waals surface area contributed by atoms with Crippen LogP contribution in [-0.2, 0) is 4.79 Å². The number of hydrogen-bond donors (Lipinski definition) is 3. The van der Waals surface area contributed by atoms with Gasteiger partial charge < -0.3 is 15.5 Å². The van der Waals surface area contributed by atoms with Gasteiger partial charge in [0.1, 0.15) is 0 Å². The van der Waals surface area contributed by atoms with E-state index < -0.39 is 12.1 Å². The molecule has 4 nitrogen and oxygen atoms in total. The van der Waals surface area contributed by atoms with Gasteiger partial charge in [0.2, 0.25) is 5.91 Å². The molecule has 0 aliphatic rings. The molecule has 2 unspecified atom stereocenters. The summed E-state index contributed by atoms with van der Waals surface area (Å²) in [6, 6.07) is -0.641. The van der Waals surface area contributed by atoms with Crippen molar-refractivity contribution in [2.45, 2.75) is 418 Å². The van der Waals surface area contributed by atoms with E-state index in [1.807, 2.05) is 6.08 Å². The SMILES string of the molecule is CCCCCCC/C=C\C/C=C\C/C=C\CCCCCCCCCCCCCCCCCCCCCCCCC(=O)NC(CO)C(O)/C=C/CC/C=C/CCCCCCCCCCCCCCCCCCCCCCCCCCCC. The van der Waals surface area contributed by atoms with E-state index in [9.17, 15) is 15.0 Å². The first kappa shape index (κ1) is 79.1. The molecule has 4 heteroatoms. The highest BCUT2D eigenvalue weighted by atomic mass is 16.3. The number of amides is 1. The molecule has 0 fully saturated rings. The van der Waals surface area contributed by atoms with Gasteiger partial charge in [0.25, 0.3) is 0 Å². The summed E-state index contributed by atoms with van der Waals surface area (Å²) in [5.41, 5.74) is 0. The van der Waals surface area contributed by atoms with Crippen molar-refractivity contribution in [1.82, 2.24) is 5.32 Å². The second-order valence-electron chi connectivity index (χ2n) is 25.4. The number of carbonyl (C=O) groups is 1. The fourth-order valence-corrected chi connectivity index (χ4v) is 11.6. The van der Waals surface area contributed by atoms with Gasteiger partial charge in [0, 0.05) is 6.42 Å². The van der Waals surface area contributed by atoms with Gasteiger partial charge in [-0.3, -0.25) is 4.79 Å². The lowest BCUT2D eigenvalue weighted by atomic mass is 10.0. The van der Waals surface area contributed by atoms with Gasteiger partial charge in [-0.05, 0) is 70.6 Å². The number of rotatable bonds is 69. The highest BCUT2D eigenvalue weighted by molar-refractivity contribution is 5.76. The number of allylic oxidation sites excluding steroid dienone is 9. The van der Waals surface area contributed by atoms with Gasteiger partial charge in [-0.15, -0.1) is 0 Å². The van der Waals surface area contributed by atoms with Crippen LogP contribution in [0.4, 0.5) is 0 Å². The molecule has 0 bridgehead atoms. The van der Waals surface area contributed by atoms with Crippen LogP contribution in [0.1, 0.15) is 406 Å². The summed E-state index contributed by atoms with van der Waals surface area (Å²) in [5.74, 6) is -0.0667. The van der Waals surface area contributed by atoms with Crippen LogP contribution in [0.5, 0.6) is 0 Å². The molecule has 0 radical (unpaired) electrons. The largest absolute Gasteiger partial charge is 0.394 e. The number of aliphatic hydroxyl groups is 2. The first-order chi connectivity index (χ1) is 40.2. The van der Waals surface area contributed by atoms with E-state index in [2.05, 4.69) is 67.8 Å². The van der Waals surface area contributed by atoms with E-state index in [0.717, 1.165) is 44.9 Å². The van der Waals surface area contributed by atoms with Gasteiger partial charge in [-0.2, -0.15) is 0 Å². The minimum absolute atomic E-state index is 0.0667. The average molecular weight is 1130 g/mol. The number of aliphatic hydroxyl groups excluding tert-OH is 2. The smallest absolute Gasteiger partial charge is 0.220 e. The zero-order chi connectivity index (χ0) is 58.4. The summed E-state index contributed by atoms with van der Waals surface area (Å²) >= 11 is 0. The molecule has 0 aliphatic heterocycles. The van der Waals surface area contributed by atoms with Crippen molar-refractivity contribution in [3.05, 3.63) is 60.8 Å². The van der Waals surface area contributed by atoms with E-state index in [4.69, 9.17) is 0 Å². The van der Waals surface area contributed by atoms with E-state index >= 15 is 0 Å². The van der Waals surface area contributed by atoms with Crippen molar-refractivity contribution in [1.29, 1.82) is 0 Å². The van der Waals surface area contributed by atoms with Crippen molar-refractivity contribution in [3.63, 3.8) is 0 Å². The van der Waals surface area contributed by atoms with Crippen LogP contribution in [-0.4, -0.2) is 34.9 Å². The number of carbonyl (C=O) groups excluding carboxylic acids is 1. The summed E-state index contributed by atoms with van der Waals surface area (Å²) in [6.45, 7) is 4.33. The Labute approximate surface area is 508 Å². The molecule has 1 amide bonds. The Hall–Kier alpha value is -1.91. The molecule has 476 valence electrons. The molecular formula is C77H145NO3. The minimum atomic E-state index is -0.865. The van der Waals surface area contributed by atoms with Gasteiger partial charge in [-0.1, -0.05) is 389 Å². The Balaban J connectivity index is 3.44. The molecule has 0 aromatic heterocycles. The predicted octanol–water partition coefficient (Wildman–Crippen LogP) is 25.4. The summed E-state index contributed by atoms with van der Waals surface area (Å²) in [4.78, 5) is 12.6. The number of hydrogen-bond acceptors (Lipinski definition) is 3. The van der Waals surface area contributed by atoms with Gasteiger partial charge >= 0.3 is 0 Å². The monoisotopic (exact) mass is 1130 g/mol. The maximum absolute atomic E-state index is 12.6. The van der Waals surface area contributed by atoms with Crippen molar-refractivity contribution < 1.29 is 15.0 Å². The van der Waals surface area contributed by atoms with E-state index in [0.29, 0.717) is 6.42 Å². The average Bonchev–Trinajstić information content (AvgIpc) is 3.47. The van der Waals surface area contributed by atoms with Crippen LogP contribution < -0.4 is 5.32 Å². The highest BCUT2D eigenvalue weighted by Crippen LogP contribution is 2.19. The molecule has 0 saturated carbocycles. The van der Waals surface area contributed by atoms with Gasteiger partial charge in [0.15, 0.2) is 0 Å². The standard InChI is InChI=1S/C77H145NO3/c1-3-5-7-9-11-13-15-17-19-21-23-25-27-29-31-33-35-37-38-39-40-41-43-45-47-49-51-53-55-57-59-61-63-65-67-69-71-73-77(81)78-75(74-79)76(80)72-70-68-66-64-62-60-58-56-54-52-50-48-46-44-42-36-34-32-30-28-26-24-22-20-18-16-14-12-10-8-6-4-2/h15,17,21,23,27,29,62,64,70,72,75-76,79-80H,3-14,16,18-20,22,24-26,28,30-61,63,65-69,71,73-74H2,1-2H3,(H,78,81)/b17-15-,23-21-,29-27-,64-62+,72-70+. The highest BCUT2D eigenvalue weighted by Gasteiger charge is 2.18. The number of nitrogens with one attached hydrogen (secondary N) is 1. The van der Waals surface area contributed by atoms with Crippen LogP contribution in [0.25, 0.3) is 0 Å². The fourth-order valence-electron chi connectivity index (χ4n) is 11.6. The lowest BCUT2D eigenvalue weighted by Crippen LogP contribution is -2.45. The molecule has 81 heavy (non-hydrogen) atoms. The van der Waals surface area contributed by atoms with Crippen LogP contribution in [0.3, 0.4) is 0 Å². The molecule has 0 spiro atoms. The van der Waals surface area contributed by atoms with Crippen LogP contribution in [0.15, 0.2) is 60.8 Å². The molecule has 3 N–H and O–H groups in total. The molecule has 0 saturated heterocycles. The third kappa shape index (κ3) is 68.8. The molecule has 0 aromatic rings. The molecule has 0 rings (SSSR count). The van der Waals surface area contributed by atoms with E-state index in [-0.39, 0.29) is 12.5 Å². The summed E-state index contributed by atoms with van der Waals surface area (Å²) in [7, 11) is 0. The summed E-state index contributed by atoms with van der Waals surface area (Å²) in [5, 5.41) is 23.3. The first-order valence-corrected chi connectivity index (χ1v) is 37.0. The topological polar surface area (TPSA) is 69.6 Å². The fraction of sp³-hybridized carbons (Fsp3) is 0.857. The Bertz CT molecular complexity index is 1330. The normalized spacial score (nSPS) is 13.0. The third-order valence-corrected chi connectivity index (χ3v) is 17.2. The maximum atomic E-state index is 12.6.